The van der Waals surface area contributed by atoms with Crippen LogP contribution in [-0.4, -0.2) is 53.5 Å². The lowest BCUT2D eigenvalue weighted by Crippen LogP contribution is -2.50. The van der Waals surface area contributed by atoms with Gasteiger partial charge in [0, 0.05) is 32.6 Å². The number of aryl methyl sites for hydroxylation is 1. The number of pyridine rings is 1. The molecule has 2 rings (SSSR count). The number of carbonyl (C=O) groups is 2. The van der Waals surface area contributed by atoms with E-state index < -0.39 is 5.60 Å². The summed E-state index contributed by atoms with van der Waals surface area (Å²) in [5.41, 5.74) is 1.91. The summed E-state index contributed by atoms with van der Waals surface area (Å²) >= 11 is 0. The molecule has 1 saturated heterocycles. The number of hydrogen-bond acceptors (Lipinski definition) is 5. The van der Waals surface area contributed by atoms with Gasteiger partial charge < -0.3 is 14.5 Å². The van der Waals surface area contributed by atoms with E-state index in [2.05, 4.69) is 9.88 Å². The molecule has 6 heteroatoms. The number of Topliss-reactive ketones (excluding diaryl/α,β-unsaturated/α-hetero) is 1. The Morgan fingerprint density at radius 2 is 1.79 bits per heavy atom. The highest BCUT2D eigenvalue weighted by Crippen LogP contribution is 2.21. The number of anilines is 1. The summed E-state index contributed by atoms with van der Waals surface area (Å²) in [7, 11) is 0. The second-order valence-electron chi connectivity index (χ2n) is 7.03. The third-order valence-electron chi connectivity index (χ3n) is 3.94. The Kier molecular flexibility index (Phi) is 5.47. The maximum Gasteiger partial charge on any atom is 0.410 e. The number of amides is 1. The zero-order valence-corrected chi connectivity index (χ0v) is 15.3. The predicted molar refractivity (Wildman–Crippen MR) is 93.6 cm³/mol. The second kappa shape index (κ2) is 7.20. The van der Waals surface area contributed by atoms with Crippen LogP contribution in [0.2, 0.25) is 0 Å². The number of ketones is 1. The zero-order chi connectivity index (χ0) is 17.9. The average molecular weight is 333 g/mol. The molecule has 0 aromatic carbocycles. The summed E-state index contributed by atoms with van der Waals surface area (Å²) in [6.07, 6.45) is 0.196. The van der Waals surface area contributed by atoms with Crippen LogP contribution in [0.15, 0.2) is 12.1 Å². The van der Waals surface area contributed by atoms with E-state index >= 15 is 0 Å². The van der Waals surface area contributed by atoms with Crippen molar-refractivity contribution in [3.05, 3.63) is 23.5 Å². The second-order valence-corrected chi connectivity index (χ2v) is 7.03. The van der Waals surface area contributed by atoms with Gasteiger partial charge in [-0.2, -0.15) is 0 Å². The summed E-state index contributed by atoms with van der Waals surface area (Å²) in [4.78, 5) is 32.2. The standard InChI is InChI=1S/C18H27N3O3/c1-6-16(22)14-7-8-15(13(2)19-14)20-9-11-21(12-10-20)17(23)24-18(3,4)5/h7-8H,6,9-12H2,1-5H3. The number of ether oxygens (including phenoxy) is 1. The van der Waals surface area contributed by atoms with E-state index in [4.69, 9.17) is 4.74 Å². The number of rotatable bonds is 3. The molecule has 0 bridgehead atoms. The molecule has 1 aromatic rings. The molecule has 24 heavy (non-hydrogen) atoms. The lowest BCUT2D eigenvalue weighted by molar-refractivity contribution is 0.0240. The van der Waals surface area contributed by atoms with E-state index in [1.807, 2.05) is 40.7 Å². The highest BCUT2D eigenvalue weighted by molar-refractivity contribution is 5.94. The van der Waals surface area contributed by atoms with Gasteiger partial charge in [-0.05, 0) is 39.8 Å². The first-order chi connectivity index (χ1) is 11.2. The predicted octanol–water partition coefficient (Wildman–Crippen LogP) is 3.04. The van der Waals surface area contributed by atoms with Gasteiger partial charge in [-0.3, -0.25) is 4.79 Å². The normalized spacial score (nSPS) is 15.4. The molecule has 1 aliphatic heterocycles. The summed E-state index contributed by atoms with van der Waals surface area (Å²) < 4.78 is 5.41. The van der Waals surface area contributed by atoms with Crippen LogP contribution in [0.25, 0.3) is 0 Å². The molecule has 6 nitrogen and oxygen atoms in total. The molecular formula is C18H27N3O3. The van der Waals surface area contributed by atoms with Crippen molar-refractivity contribution in [2.75, 3.05) is 31.1 Å². The molecule has 1 aliphatic rings. The first-order valence-corrected chi connectivity index (χ1v) is 8.45. The third-order valence-corrected chi connectivity index (χ3v) is 3.94. The van der Waals surface area contributed by atoms with Gasteiger partial charge in [0.2, 0.25) is 0 Å². The fraction of sp³-hybridized carbons (Fsp3) is 0.611. The van der Waals surface area contributed by atoms with Gasteiger partial charge in [0.25, 0.3) is 0 Å². The van der Waals surface area contributed by atoms with Crippen molar-refractivity contribution in [1.29, 1.82) is 0 Å². The number of hydrogen-bond donors (Lipinski definition) is 0. The Balaban J connectivity index is 2.00. The molecular weight excluding hydrogens is 306 g/mol. The van der Waals surface area contributed by atoms with Crippen molar-refractivity contribution < 1.29 is 14.3 Å². The van der Waals surface area contributed by atoms with Crippen LogP contribution in [0.1, 0.15) is 50.3 Å². The van der Waals surface area contributed by atoms with Gasteiger partial charge >= 0.3 is 6.09 Å². The smallest absolute Gasteiger partial charge is 0.410 e. The number of aromatic nitrogens is 1. The molecule has 0 unspecified atom stereocenters. The van der Waals surface area contributed by atoms with Crippen LogP contribution in [0.4, 0.5) is 10.5 Å². The molecule has 2 heterocycles. The fourth-order valence-corrected chi connectivity index (χ4v) is 2.68. The van der Waals surface area contributed by atoms with Crippen LogP contribution in [0.5, 0.6) is 0 Å². The van der Waals surface area contributed by atoms with Crippen LogP contribution in [0.3, 0.4) is 0 Å². The minimum Gasteiger partial charge on any atom is -0.444 e. The summed E-state index contributed by atoms with van der Waals surface area (Å²) in [6.45, 7) is 12.0. The molecule has 0 saturated carbocycles. The average Bonchev–Trinajstić information content (AvgIpc) is 2.52. The van der Waals surface area contributed by atoms with Crippen molar-refractivity contribution in [3.63, 3.8) is 0 Å². The van der Waals surface area contributed by atoms with E-state index in [9.17, 15) is 9.59 Å². The first-order valence-electron chi connectivity index (χ1n) is 8.45. The monoisotopic (exact) mass is 333 g/mol. The van der Waals surface area contributed by atoms with Crippen molar-refractivity contribution in [2.24, 2.45) is 0 Å². The van der Waals surface area contributed by atoms with Gasteiger partial charge in [-0.25, -0.2) is 9.78 Å². The van der Waals surface area contributed by atoms with Crippen molar-refractivity contribution >= 4 is 17.6 Å². The van der Waals surface area contributed by atoms with E-state index in [1.165, 1.54) is 0 Å². The van der Waals surface area contributed by atoms with Crippen LogP contribution in [-0.2, 0) is 4.74 Å². The molecule has 1 fully saturated rings. The zero-order valence-electron chi connectivity index (χ0n) is 15.3. The van der Waals surface area contributed by atoms with Gasteiger partial charge in [-0.15, -0.1) is 0 Å². The van der Waals surface area contributed by atoms with Crippen molar-refractivity contribution in [2.45, 2.75) is 46.6 Å². The highest BCUT2D eigenvalue weighted by atomic mass is 16.6. The molecule has 1 amide bonds. The summed E-state index contributed by atoms with van der Waals surface area (Å²) in [6, 6.07) is 3.74. The van der Waals surface area contributed by atoms with Crippen LogP contribution in [0, 0.1) is 6.92 Å². The Morgan fingerprint density at radius 3 is 2.29 bits per heavy atom. The van der Waals surface area contributed by atoms with Crippen molar-refractivity contribution in [1.82, 2.24) is 9.88 Å². The summed E-state index contributed by atoms with van der Waals surface area (Å²) in [5, 5.41) is 0. The topological polar surface area (TPSA) is 62.7 Å². The van der Waals surface area contributed by atoms with Gasteiger partial charge in [-0.1, -0.05) is 6.92 Å². The minimum atomic E-state index is -0.476. The Bertz CT molecular complexity index is 614. The van der Waals surface area contributed by atoms with Gasteiger partial charge in [0.1, 0.15) is 11.3 Å². The molecule has 132 valence electrons. The Hall–Kier alpha value is -2.11. The maximum absolute atomic E-state index is 12.1. The molecule has 1 aromatic heterocycles. The SMILES string of the molecule is CCC(=O)c1ccc(N2CCN(C(=O)OC(C)(C)C)CC2)c(C)n1. The van der Waals surface area contributed by atoms with E-state index in [0.717, 1.165) is 24.5 Å². The molecule has 0 N–H and O–H groups in total. The molecule has 0 spiro atoms. The Labute approximate surface area is 143 Å². The lowest BCUT2D eigenvalue weighted by atomic mass is 10.1. The highest BCUT2D eigenvalue weighted by Gasteiger charge is 2.26. The quantitative estimate of drug-likeness (QED) is 0.796. The lowest BCUT2D eigenvalue weighted by Gasteiger charge is -2.37. The largest absolute Gasteiger partial charge is 0.444 e. The van der Waals surface area contributed by atoms with Gasteiger partial charge in [0.05, 0.1) is 11.4 Å². The van der Waals surface area contributed by atoms with Crippen LogP contribution >= 0.6 is 0 Å². The molecule has 0 radical (unpaired) electrons. The third kappa shape index (κ3) is 4.46. The number of nitrogens with zero attached hydrogens (tertiary/aromatic N) is 3. The summed E-state index contributed by atoms with van der Waals surface area (Å²) in [5.74, 6) is 0.0550. The van der Waals surface area contributed by atoms with E-state index in [0.29, 0.717) is 25.2 Å². The minimum absolute atomic E-state index is 0.0550. The number of piperazine rings is 1. The van der Waals surface area contributed by atoms with Crippen LogP contribution < -0.4 is 4.90 Å². The van der Waals surface area contributed by atoms with E-state index in [-0.39, 0.29) is 11.9 Å². The van der Waals surface area contributed by atoms with E-state index in [1.54, 1.807) is 11.0 Å². The molecule has 0 atom stereocenters. The maximum atomic E-state index is 12.1. The van der Waals surface area contributed by atoms with Gasteiger partial charge in [0.15, 0.2) is 5.78 Å². The number of carbonyl (C=O) groups excluding carboxylic acids is 2. The Morgan fingerprint density at radius 1 is 1.17 bits per heavy atom. The molecule has 0 aliphatic carbocycles. The van der Waals surface area contributed by atoms with Crippen molar-refractivity contribution in [3.8, 4) is 0 Å². The first kappa shape index (κ1) is 18.2. The fourth-order valence-electron chi connectivity index (χ4n) is 2.68.